The van der Waals surface area contributed by atoms with Gasteiger partial charge < -0.3 is 0 Å². The van der Waals surface area contributed by atoms with Crippen molar-refractivity contribution in [2.24, 2.45) is 5.10 Å². The van der Waals surface area contributed by atoms with Crippen LogP contribution in [0.25, 0.3) is 0 Å². The molecule has 0 fully saturated rings. The number of hydrogen-bond donors (Lipinski definition) is 0. The molecule has 80 valence electrons. The predicted octanol–water partition coefficient (Wildman–Crippen LogP) is 2.55. The van der Waals surface area contributed by atoms with E-state index in [0.717, 1.165) is 18.6 Å². The van der Waals surface area contributed by atoms with Crippen molar-refractivity contribution in [3.63, 3.8) is 0 Å². The predicted molar refractivity (Wildman–Crippen MR) is 61.7 cm³/mol. The molecule has 0 radical (unpaired) electrons. The number of hydrazone groups is 1. The second-order valence-electron chi connectivity index (χ2n) is 4.52. The van der Waals surface area contributed by atoms with E-state index in [1.54, 1.807) is 5.01 Å². The molecule has 0 spiro atoms. The first-order chi connectivity index (χ1) is 6.38. The maximum Gasteiger partial charge on any atom is 0.262 e. The van der Waals surface area contributed by atoms with E-state index < -0.39 is 0 Å². The summed E-state index contributed by atoms with van der Waals surface area (Å²) in [5, 5.41) is 5.95. The fourth-order valence-corrected chi connectivity index (χ4v) is 1.91. The van der Waals surface area contributed by atoms with Gasteiger partial charge in [0, 0.05) is 0 Å². The fourth-order valence-electron chi connectivity index (χ4n) is 1.39. The van der Waals surface area contributed by atoms with Crippen LogP contribution in [0.2, 0.25) is 0 Å². The summed E-state index contributed by atoms with van der Waals surface area (Å²) in [7, 11) is 0. The Morgan fingerprint density at radius 1 is 1.50 bits per heavy atom. The van der Waals surface area contributed by atoms with Gasteiger partial charge >= 0.3 is 0 Å². The lowest BCUT2D eigenvalue weighted by Crippen LogP contribution is -2.41. The van der Waals surface area contributed by atoms with Crippen LogP contribution in [-0.4, -0.2) is 27.0 Å². The molecular weight excluding hydrogens is 244 g/mol. The molecule has 0 aromatic heterocycles. The number of nitrogens with zero attached hydrogens (tertiary/aromatic N) is 2. The molecule has 1 rings (SSSR count). The van der Waals surface area contributed by atoms with E-state index in [-0.39, 0.29) is 16.3 Å². The van der Waals surface area contributed by atoms with Crippen molar-refractivity contribution in [1.82, 2.24) is 5.01 Å². The SMILES string of the molecule is CCCC1=NN(C(C)(C)C)C(=O)C1Br. The Kier molecular flexibility index (Phi) is 3.35. The molecule has 1 unspecified atom stereocenters. The third kappa shape index (κ3) is 2.16. The number of carbonyl (C=O) groups is 1. The van der Waals surface area contributed by atoms with E-state index in [1.165, 1.54) is 0 Å². The van der Waals surface area contributed by atoms with Gasteiger partial charge in [-0.25, -0.2) is 5.01 Å². The van der Waals surface area contributed by atoms with Crippen LogP contribution in [-0.2, 0) is 4.79 Å². The average Bonchev–Trinajstić information content (AvgIpc) is 2.32. The smallest absolute Gasteiger partial charge is 0.262 e. The molecule has 4 heteroatoms. The first-order valence-electron chi connectivity index (χ1n) is 4.93. The Balaban J connectivity index is 2.87. The molecule has 1 atom stereocenters. The minimum Gasteiger partial charge on any atom is -0.271 e. The van der Waals surface area contributed by atoms with E-state index in [2.05, 4.69) is 28.0 Å². The Labute approximate surface area is 93.7 Å². The number of hydrogen-bond acceptors (Lipinski definition) is 2. The molecule has 1 amide bonds. The van der Waals surface area contributed by atoms with Gasteiger partial charge in [-0.1, -0.05) is 29.3 Å². The lowest BCUT2D eigenvalue weighted by molar-refractivity contribution is -0.132. The van der Waals surface area contributed by atoms with Crippen molar-refractivity contribution < 1.29 is 4.79 Å². The number of carbonyl (C=O) groups excluding carboxylic acids is 1. The molecular formula is C10H17BrN2O. The first kappa shape index (κ1) is 11.7. The lowest BCUT2D eigenvalue weighted by atomic mass is 10.1. The van der Waals surface area contributed by atoms with Gasteiger partial charge in [0.25, 0.3) is 5.91 Å². The lowest BCUT2D eigenvalue weighted by Gasteiger charge is -2.27. The summed E-state index contributed by atoms with van der Waals surface area (Å²) >= 11 is 3.38. The Morgan fingerprint density at radius 3 is 2.43 bits per heavy atom. The van der Waals surface area contributed by atoms with Crippen molar-refractivity contribution in [1.29, 1.82) is 0 Å². The van der Waals surface area contributed by atoms with Crippen LogP contribution < -0.4 is 0 Å². The second-order valence-corrected chi connectivity index (χ2v) is 5.44. The minimum absolute atomic E-state index is 0.0564. The van der Waals surface area contributed by atoms with Crippen molar-refractivity contribution in [3.8, 4) is 0 Å². The zero-order chi connectivity index (χ0) is 10.9. The summed E-state index contributed by atoms with van der Waals surface area (Å²) in [5.74, 6) is 0.0564. The van der Waals surface area contributed by atoms with Crippen molar-refractivity contribution in [2.75, 3.05) is 0 Å². The normalized spacial score (nSPS) is 22.9. The minimum atomic E-state index is -0.224. The molecule has 0 bridgehead atoms. The van der Waals surface area contributed by atoms with Crippen molar-refractivity contribution in [3.05, 3.63) is 0 Å². The molecule has 1 aliphatic rings. The van der Waals surface area contributed by atoms with Crippen molar-refractivity contribution in [2.45, 2.75) is 50.9 Å². The zero-order valence-electron chi connectivity index (χ0n) is 9.17. The summed E-state index contributed by atoms with van der Waals surface area (Å²) in [5.41, 5.74) is 0.728. The molecule has 0 aromatic rings. The highest BCUT2D eigenvalue weighted by molar-refractivity contribution is 9.10. The number of halogens is 1. The maximum absolute atomic E-state index is 11.8. The van der Waals surface area contributed by atoms with Crippen LogP contribution >= 0.6 is 15.9 Å². The van der Waals surface area contributed by atoms with Gasteiger partial charge in [0.1, 0.15) is 4.83 Å². The molecule has 14 heavy (non-hydrogen) atoms. The third-order valence-corrected chi connectivity index (χ3v) is 3.01. The largest absolute Gasteiger partial charge is 0.271 e. The molecule has 0 saturated heterocycles. The maximum atomic E-state index is 11.8. The average molecular weight is 261 g/mol. The highest BCUT2D eigenvalue weighted by atomic mass is 79.9. The first-order valence-corrected chi connectivity index (χ1v) is 5.85. The molecule has 1 aliphatic heterocycles. The molecule has 0 saturated carbocycles. The second kappa shape index (κ2) is 4.01. The Bertz CT molecular complexity index is 268. The van der Waals surface area contributed by atoms with Gasteiger partial charge in [-0.2, -0.15) is 5.10 Å². The highest BCUT2D eigenvalue weighted by Crippen LogP contribution is 2.26. The molecule has 0 aromatic carbocycles. The topological polar surface area (TPSA) is 32.7 Å². The number of rotatable bonds is 2. The van der Waals surface area contributed by atoms with E-state index in [0.29, 0.717) is 0 Å². The molecule has 0 aliphatic carbocycles. The summed E-state index contributed by atoms with van der Waals surface area (Å²) in [6.07, 6.45) is 1.90. The molecule has 3 nitrogen and oxygen atoms in total. The van der Waals surface area contributed by atoms with Crippen LogP contribution in [0.15, 0.2) is 5.10 Å². The monoisotopic (exact) mass is 260 g/mol. The van der Waals surface area contributed by atoms with Crippen LogP contribution in [0.4, 0.5) is 0 Å². The fraction of sp³-hybridized carbons (Fsp3) is 0.800. The van der Waals surface area contributed by atoms with Gasteiger partial charge in [-0.3, -0.25) is 4.79 Å². The Morgan fingerprint density at radius 2 is 2.07 bits per heavy atom. The summed E-state index contributed by atoms with van der Waals surface area (Å²) in [6.45, 7) is 8.06. The van der Waals surface area contributed by atoms with Crippen LogP contribution in [0.5, 0.6) is 0 Å². The third-order valence-electron chi connectivity index (χ3n) is 2.09. The van der Waals surface area contributed by atoms with Crippen molar-refractivity contribution >= 4 is 27.5 Å². The Hall–Kier alpha value is -0.380. The van der Waals surface area contributed by atoms with Gasteiger partial charge in [0.05, 0.1) is 11.3 Å². The number of amides is 1. The quantitative estimate of drug-likeness (QED) is 0.703. The van der Waals surface area contributed by atoms with Gasteiger partial charge in [-0.05, 0) is 27.2 Å². The van der Waals surface area contributed by atoms with Crippen LogP contribution in [0, 0.1) is 0 Å². The zero-order valence-corrected chi connectivity index (χ0v) is 10.8. The summed E-state index contributed by atoms with van der Waals surface area (Å²) in [4.78, 5) is 11.6. The van der Waals surface area contributed by atoms with Crippen LogP contribution in [0.1, 0.15) is 40.5 Å². The summed E-state index contributed by atoms with van der Waals surface area (Å²) < 4.78 is 0. The van der Waals surface area contributed by atoms with E-state index in [9.17, 15) is 4.79 Å². The van der Waals surface area contributed by atoms with E-state index >= 15 is 0 Å². The molecule has 0 N–H and O–H groups in total. The van der Waals surface area contributed by atoms with Gasteiger partial charge in [-0.15, -0.1) is 0 Å². The highest BCUT2D eigenvalue weighted by Gasteiger charge is 2.38. The van der Waals surface area contributed by atoms with Crippen LogP contribution in [0.3, 0.4) is 0 Å². The van der Waals surface area contributed by atoms with Gasteiger partial charge in [0.15, 0.2) is 0 Å². The number of alkyl halides is 1. The molecule has 1 heterocycles. The standard InChI is InChI=1S/C10H17BrN2O/c1-5-6-7-8(11)9(14)13(12-7)10(2,3)4/h8H,5-6H2,1-4H3. The summed E-state index contributed by atoms with van der Waals surface area (Å²) in [6, 6.07) is 0. The van der Waals surface area contributed by atoms with E-state index in [1.807, 2.05) is 20.8 Å². The van der Waals surface area contributed by atoms with Gasteiger partial charge in [0.2, 0.25) is 0 Å². The van der Waals surface area contributed by atoms with E-state index in [4.69, 9.17) is 0 Å².